The van der Waals surface area contributed by atoms with Crippen molar-refractivity contribution in [3.05, 3.63) is 57.8 Å². The lowest BCUT2D eigenvalue weighted by atomic mass is 10.2. The molecule has 0 saturated heterocycles. The molecule has 0 heterocycles. The zero-order valence-electron chi connectivity index (χ0n) is 9.49. The van der Waals surface area contributed by atoms with Gasteiger partial charge in [0.15, 0.2) is 11.6 Å². The van der Waals surface area contributed by atoms with Crippen LogP contribution in [0.4, 0.5) is 4.39 Å². The Morgan fingerprint density at radius 1 is 1.16 bits per heavy atom. The summed E-state index contributed by atoms with van der Waals surface area (Å²) in [5.41, 5.74) is 6.05. The number of rotatable bonds is 3. The van der Waals surface area contributed by atoms with Crippen LogP contribution in [0.3, 0.4) is 0 Å². The van der Waals surface area contributed by atoms with Gasteiger partial charge in [-0.2, -0.15) is 0 Å². The van der Waals surface area contributed by atoms with E-state index in [4.69, 9.17) is 45.9 Å². The lowest BCUT2D eigenvalue weighted by Crippen LogP contribution is -2.10. The van der Waals surface area contributed by atoms with Gasteiger partial charge in [-0.1, -0.05) is 41.5 Å². The summed E-state index contributed by atoms with van der Waals surface area (Å²) in [6, 6.07) is 9.20. The monoisotopic (exact) mass is 315 g/mol. The van der Waals surface area contributed by atoms with E-state index in [2.05, 4.69) is 0 Å². The molecule has 2 aromatic carbocycles. The number of hydrogen-bond donors (Lipinski definition) is 1. The van der Waals surface area contributed by atoms with E-state index in [0.29, 0.717) is 10.6 Å². The van der Waals surface area contributed by atoms with Crippen molar-refractivity contribution >= 4 is 40.4 Å². The number of nitrogens with two attached hydrogens (primary N) is 1. The van der Waals surface area contributed by atoms with Gasteiger partial charge in [0, 0.05) is 11.1 Å². The maximum Gasteiger partial charge on any atom is 0.184 e. The van der Waals surface area contributed by atoms with Gasteiger partial charge in [-0.3, -0.25) is 0 Å². The zero-order chi connectivity index (χ0) is 14.0. The van der Waals surface area contributed by atoms with Crippen molar-refractivity contribution in [3.8, 4) is 11.5 Å². The maximum atomic E-state index is 13.8. The first-order chi connectivity index (χ1) is 8.99. The van der Waals surface area contributed by atoms with Crippen LogP contribution in [0.5, 0.6) is 11.5 Å². The van der Waals surface area contributed by atoms with E-state index in [0.717, 1.165) is 0 Å². The molecule has 0 amide bonds. The van der Waals surface area contributed by atoms with Crippen molar-refractivity contribution in [2.45, 2.75) is 0 Å². The number of halogens is 3. The third-order valence-corrected chi connectivity index (χ3v) is 3.09. The van der Waals surface area contributed by atoms with E-state index in [1.807, 2.05) is 0 Å². The van der Waals surface area contributed by atoms with E-state index < -0.39 is 5.82 Å². The molecule has 98 valence electrons. The van der Waals surface area contributed by atoms with Crippen LogP contribution < -0.4 is 10.5 Å². The smallest absolute Gasteiger partial charge is 0.184 e. The number of ether oxygens (including phenoxy) is 1. The molecule has 0 saturated carbocycles. The predicted octanol–water partition coefficient (Wildman–Crippen LogP) is 4.56. The van der Waals surface area contributed by atoms with E-state index >= 15 is 0 Å². The lowest BCUT2D eigenvalue weighted by Gasteiger charge is -2.11. The molecule has 19 heavy (non-hydrogen) atoms. The molecule has 0 spiro atoms. The van der Waals surface area contributed by atoms with Crippen molar-refractivity contribution < 1.29 is 9.13 Å². The molecule has 0 bridgehead atoms. The summed E-state index contributed by atoms with van der Waals surface area (Å²) in [7, 11) is 0. The molecule has 0 aromatic heterocycles. The Hall–Kier alpha value is -1.36. The van der Waals surface area contributed by atoms with Crippen LogP contribution in [-0.2, 0) is 0 Å². The quantitative estimate of drug-likeness (QED) is 0.843. The zero-order valence-corrected chi connectivity index (χ0v) is 11.8. The first-order valence-electron chi connectivity index (χ1n) is 5.20. The lowest BCUT2D eigenvalue weighted by molar-refractivity contribution is 0.442. The Kier molecular flexibility index (Phi) is 4.24. The number of benzene rings is 2. The van der Waals surface area contributed by atoms with E-state index in [9.17, 15) is 4.39 Å². The van der Waals surface area contributed by atoms with Crippen LogP contribution in [0.25, 0.3) is 0 Å². The molecule has 6 heteroatoms. The topological polar surface area (TPSA) is 35.2 Å². The van der Waals surface area contributed by atoms with Gasteiger partial charge in [-0.25, -0.2) is 4.39 Å². The van der Waals surface area contributed by atoms with Crippen LogP contribution in [0.2, 0.25) is 10.0 Å². The highest BCUT2D eigenvalue weighted by Gasteiger charge is 2.12. The summed E-state index contributed by atoms with van der Waals surface area (Å²) in [4.78, 5) is 0.133. The Morgan fingerprint density at radius 3 is 2.58 bits per heavy atom. The standard InChI is InChI=1S/C13H8Cl2FNOS/c14-7-4-5-8(13(17)19)11(6-7)18-10-3-1-2-9(15)12(10)16/h1-6H,(H2,17,19). The van der Waals surface area contributed by atoms with Crippen LogP contribution in [-0.4, -0.2) is 4.99 Å². The summed E-state index contributed by atoms with van der Waals surface area (Å²) in [6.07, 6.45) is 0. The molecule has 2 nitrogen and oxygen atoms in total. The van der Waals surface area contributed by atoms with Crippen LogP contribution in [0.1, 0.15) is 5.56 Å². The molecule has 0 radical (unpaired) electrons. The van der Waals surface area contributed by atoms with Crippen molar-refractivity contribution in [2.24, 2.45) is 5.73 Å². The highest BCUT2D eigenvalue weighted by molar-refractivity contribution is 7.80. The molecule has 0 aliphatic heterocycles. The van der Waals surface area contributed by atoms with Gasteiger partial charge in [0.25, 0.3) is 0 Å². The minimum absolute atomic E-state index is 0.0210. The third kappa shape index (κ3) is 3.15. The highest BCUT2D eigenvalue weighted by Crippen LogP contribution is 2.32. The fourth-order valence-electron chi connectivity index (χ4n) is 1.47. The van der Waals surface area contributed by atoms with Crippen molar-refractivity contribution in [3.63, 3.8) is 0 Å². The van der Waals surface area contributed by atoms with Gasteiger partial charge >= 0.3 is 0 Å². The van der Waals surface area contributed by atoms with E-state index in [-0.39, 0.29) is 21.5 Å². The number of thiocarbonyl (C=S) groups is 1. The van der Waals surface area contributed by atoms with Crippen molar-refractivity contribution in [1.29, 1.82) is 0 Å². The second-order valence-electron chi connectivity index (χ2n) is 3.66. The normalized spacial score (nSPS) is 10.3. The number of hydrogen-bond acceptors (Lipinski definition) is 2. The Balaban J connectivity index is 2.45. The second-order valence-corrected chi connectivity index (χ2v) is 4.94. The second kappa shape index (κ2) is 5.74. The van der Waals surface area contributed by atoms with Crippen molar-refractivity contribution in [2.75, 3.05) is 0 Å². The summed E-state index contributed by atoms with van der Waals surface area (Å²) in [5, 5.41) is 0.397. The van der Waals surface area contributed by atoms with Gasteiger partial charge < -0.3 is 10.5 Å². The van der Waals surface area contributed by atoms with Gasteiger partial charge in [-0.05, 0) is 24.3 Å². The molecule has 2 aromatic rings. The largest absolute Gasteiger partial charge is 0.453 e. The molecule has 2 rings (SSSR count). The van der Waals surface area contributed by atoms with Gasteiger partial charge in [0.05, 0.1) is 10.6 Å². The SMILES string of the molecule is NC(=S)c1ccc(Cl)cc1Oc1cccc(Cl)c1F. The third-order valence-electron chi connectivity index (χ3n) is 2.35. The fourth-order valence-corrected chi connectivity index (χ4v) is 1.96. The Bertz CT molecular complexity index is 649. The molecule has 0 aliphatic rings. The van der Waals surface area contributed by atoms with Crippen LogP contribution >= 0.6 is 35.4 Å². The molecular formula is C13H8Cl2FNOS. The average molecular weight is 316 g/mol. The first kappa shape index (κ1) is 14.1. The molecule has 0 unspecified atom stereocenters. The fraction of sp³-hybridized carbons (Fsp3) is 0. The van der Waals surface area contributed by atoms with Crippen molar-refractivity contribution in [1.82, 2.24) is 0 Å². The van der Waals surface area contributed by atoms with Gasteiger partial charge in [0.1, 0.15) is 10.7 Å². The minimum Gasteiger partial charge on any atom is -0.453 e. The molecule has 0 fully saturated rings. The van der Waals surface area contributed by atoms with Gasteiger partial charge in [0.2, 0.25) is 0 Å². The summed E-state index contributed by atoms with van der Waals surface area (Å²) in [5.74, 6) is -0.397. The van der Waals surface area contributed by atoms with E-state index in [1.54, 1.807) is 18.2 Å². The first-order valence-corrected chi connectivity index (χ1v) is 6.36. The molecular weight excluding hydrogens is 308 g/mol. The summed E-state index contributed by atoms with van der Waals surface area (Å²) in [6.45, 7) is 0. The van der Waals surface area contributed by atoms with Crippen LogP contribution in [0, 0.1) is 5.82 Å². The Labute approximate surface area is 124 Å². The Morgan fingerprint density at radius 2 is 1.89 bits per heavy atom. The molecule has 0 atom stereocenters. The summed E-state index contributed by atoms with van der Waals surface area (Å²) >= 11 is 16.5. The van der Waals surface area contributed by atoms with Crippen LogP contribution in [0.15, 0.2) is 36.4 Å². The van der Waals surface area contributed by atoms with Gasteiger partial charge in [-0.15, -0.1) is 0 Å². The predicted molar refractivity (Wildman–Crippen MR) is 78.8 cm³/mol. The highest BCUT2D eigenvalue weighted by atomic mass is 35.5. The molecule has 2 N–H and O–H groups in total. The van der Waals surface area contributed by atoms with E-state index in [1.165, 1.54) is 18.2 Å². The average Bonchev–Trinajstić information content (AvgIpc) is 2.35. The maximum absolute atomic E-state index is 13.8. The minimum atomic E-state index is -0.655. The summed E-state index contributed by atoms with van der Waals surface area (Å²) < 4.78 is 19.2. The molecule has 0 aliphatic carbocycles.